The van der Waals surface area contributed by atoms with Crippen molar-refractivity contribution in [3.8, 4) is 0 Å². The summed E-state index contributed by atoms with van der Waals surface area (Å²) >= 11 is 3.31. The van der Waals surface area contributed by atoms with Crippen molar-refractivity contribution in [3.63, 3.8) is 0 Å². The molecule has 0 aliphatic heterocycles. The fourth-order valence-corrected chi connectivity index (χ4v) is 2.16. The Labute approximate surface area is 122 Å². The summed E-state index contributed by atoms with van der Waals surface area (Å²) in [5.41, 5.74) is 6.03. The molecule has 0 radical (unpaired) electrons. The van der Waals surface area contributed by atoms with Gasteiger partial charge in [0.25, 0.3) is 0 Å². The van der Waals surface area contributed by atoms with Crippen LogP contribution in [-0.4, -0.2) is 23.4 Å². The molecule has 106 valence electrons. The highest BCUT2D eigenvalue weighted by Gasteiger charge is 2.23. The van der Waals surface area contributed by atoms with E-state index in [9.17, 15) is 9.18 Å². The van der Waals surface area contributed by atoms with Gasteiger partial charge in [0.05, 0.1) is 0 Å². The number of carbonyl (C=O) groups excluding carboxylic acids is 1. The molecule has 5 heteroatoms. The number of carbonyl (C=O) groups is 1. The molecule has 1 aromatic carbocycles. The molecule has 1 aromatic rings. The average molecular weight is 331 g/mol. The van der Waals surface area contributed by atoms with E-state index >= 15 is 0 Å². The van der Waals surface area contributed by atoms with Crippen molar-refractivity contribution < 1.29 is 9.18 Å². The van der Waals surface area contributed by atoms with Crippen LogP contribution in [0.5, 0.6) is 0 Å². The number of nitrogens with zero attached hydrogens (tertiary/aromatic N) is 1. The zero-order valence-electron chi connectivity index (χ0n) is 11.5. The highest BCUT2D eigenvalue weighted by molar-refractivity contribution is 9.10. The van der Waals surface area contributed by atoms with E-state index in [-0.39, 0.29) is 30.2 Å². The zero-order chi connectivity index (χ0) is 14.6. The first-order valence-corrected chi connectivity index (χ1v) is 7.10. The lowest BCUT2D eigenvalue weighted by atomic mass is 10.1. The van der Waals surface area contributed by atoms with Crippen LogP contribution in [0, 0.1) is 11.7 Å². The Hall–Kier alpha value is -0.940. The maximum absolute atomic E-state index is 13.8. The molecule has 3 nitrogen and oxygen atoms in total. The number of hydrogen-bond donors (Lipinski definition) is 1. The normalized spacial score (nSPS) is 12.6. The molecular formula is C14H20BrFN2O. The second-order valence-electron chi connectivity index (χ2n) is 4.93. The van der Waals surface area contributed by atoms with Gasteiger partial charge >= 0.3 is 0 Å². The maximum Gasteiger partial charge on any atom is 0.227 e. The standard InChI is InChI=1S/C14H20BrFN2O/c1-9(2)18(14(19)10(3)7-17)8-11-6-12(15)4-5-13(11)16/h4-6,9-10H,7-8,17H2,1-3H3. The number of rotatable bonds is 5. The highest BCUT2D eigenvalue weighted by Crippen LogP contribution is 2.19. The minimum Gasteiger partial charge on any atom is -0.336 e. The number of nitrogens with two attached hydrogens (primary N) is 1. The Bertz CT molecular complexity index is 451. The molecule has 0 saturated carbocycles. The minimum absolute atomic E-state index is 0.000110. The van der Waals surface area contributed by atoms with Crippen molar-refractivity contribution in [2.24, 2.45) is 11.7 Å². The summed E-state index contributed by atoms with van der Waals surface area (Å²) in [6.45, 7) is 6.16. The molecule has 1 rings (SSSR count). The Kier molecular flexibility index (Phi) is 5.94. The summed E-state index contributed by atoms with van der Waals surface area (Å²) in [4.78, 5) is 13.9. The fraction of sp³-hybridized carbons (Fsp3) is 0.500. The van der Waals surface area contributed by atoms with Gasteiger partial charge in [-0.1, -0.05) is 22.9 Å². The third-order valence-corrected chi connectivity index (χ3v) is 3.52. The molecule has 1 unspecified atom stereocenters. The predicted octanol–water partition coefficient (Wildman–Crippen LogP) is 2.92. The summed E-state index contributed by atoms with van der Waals surface area (Å²) in [5, 5.41) is 0. The van der Waals surface area contributed by atoms with E-state index in [2.05, 4.69) is 15.9 Å². The first-order chi connectivity index (χ1) is 8.86. The van der Waals surface area contributed by atoms with Crippen molar-refractivity contribution in [3.05, 3.63) is 34.1 Å². The lowest BCUT2D eigenvalue weighted by Crippen LogP contribution is -2.41. The summed E-state index contributed by atoms with van der Waals surface area (Å²) in [6, 6.07) is 4.74. The van der Waals surface area contributed by atoms with E-state index in [4.69, 9.17) is 5.73 Å². The van der Waals surface area contributed by atoms with Crippen LogP contribution in [0.2, 0.25) is 0 Å². The van der Waals surface area contributed by atoms with Gasteiger partial charge in [-0.3, -0.25) is 4.79 Å². The number of benzene rings is 1. The molecule has 0 fully saturated rings. The number of halogens is 2. The van der Waals surface area contributed by atoms with Crippen LogP contribution >= 0.6 is 15.9 Å². The summed E-state index contributed by atoms with van der Waals surface area (Å²) < 4.78 is 14.6. The van der Waals surface area contributed by atoms with E-state index < -0.39 is 0 Å². The van der Waals surface area contributed by atoms with Gasteiger partial charge in [0.2, 0.25) is 5.91 Å². The molecule has 0 aromatic heterocycles. The molecule has 0 spiro atoms. The Morgan fingerprint density at radius 3 is 2.58 bits per heavy atom. The fourth-order valence-electron chi connectivity index (χ4n) is 1.75. The van der Waals surface area contributed by atoms with E-state index in [1.807, 2.05) is 13.8 Å². The molecule has 0 aliphatic carbocycles. The van der Waals surface area contributed by atoms with Crippen molar-refractivity contribution in [2.75, 3.05) is 6.54 Å². The van der Waals surface area contributed by atoms with Gasteiger partial charge in [0.1, 0.15) is 5.82 Å². The van der Waals surface area contributed by atoms with Crippen LogP contribution in [0.1, 0.15) is 26.3 Å². The molecule has 2 N–H and O–H groups in total. The van der Waals surface area contributed by atoms with Crippen molar-refractivity contribution in [1.29, 1.82) is 0 Å². The topological polar surface area (TPSA) is 46.3 Å². The summed E-state index contributed by atoms with van der Waals surface area (Å²) in [7, 11) is 0. The Morgan fingerprint density at radius 1 is 1.42 bits per heavy atom. The monoisotopic (exact) mass is 330 g/mol. The molecule has 0 heterocycles. The van der Waals surface area contributed by atoms with Crippen LogP contribution in [0.3, 0.4) is 0 Å². The quantitative estimate of drug-likeness (QED) is 0.902. The summed E-state index contributed by atoms with van der Waals surface area (Å²) in [6.07, 6.45) is 0. The van der Waals surface area contributed by atoms with Crippen LogP contribution in [0.25, 0.3) is 0 Å². The zero-order valence-corrected chi connectivity index (χ0v) is 13.1. The maximum atomic E-state index is 13.8. The van der Waals surface area contributed by atoms with E-state index in [1.54, 1.807) is 24.0 Å². The lowest BCUT2D eigenvalue weighted by molar-refractivity contribution is -0.137. The van der Waals surface area contributed by atoms with Gasteiger partial charge in [-0.05, 0) is 32.0 Å². The molecule has 19 heavy (non-hydrogen) atoms. The predicted molar refractivity (Wildman–Crippen MR) is 78.0 cm³/mol. The van der Waals surface area contributed by atoms with Gasteiger partial charge in [-0.2, -0.15) is 0 Å². The van der Waals surface area contributed by atoms with Crippen molar-refractivity contribution in [1.82, 2.24) is 4.90 Å². The van der Waals surface area contributed by atoms with E-state index in [0.29, 0.717) is 12.1 Å². The first-order valence-electron chi connectivity index (χ1n) is 6.31. The Morgan fingerprint density at radius 2 is 2.05 bits per heavy atom. The third kappa shape index (κ3) is 4.28. The molecule has 0 saturated heterocycles. The first kappa shape index (κ1) is 16.1. The average Bonchev–Trinajstić information content (AvgIpc) is 2.37. The van der Waals surface area contributed by atoms with E-state index in [1.165, 1.54) is 6.07 Å². The van der Waals surface area contributed by atoms with Gasteiger partial charge < -0.3 is 10.6 Å². The number of amides is 1. The lowest BCUT2D eigenvalue weighted by Gasteiger charge is -2.29. The van der Waals surface area contributed by atoms with Crippen molar-refractivity contribution >= 4 is 21.8 Å². The van der Waals surface area contributed by atoms with Gasteiger partial charge in [0, 0.05) is 35.1 Å². The molecule has 1 amide bonds. The second-order valence-corrected chi connectivity index (χ2v) is 5.85. The van der Waals surface area contributed by atoms with Gasteiger partial charge in [0.15, 0.2) is 0 Å². The van der Waals surface area contributed by atoms with Gasteiger partial charge in [-0.25, -0.2) is 4.39 Å². The molecule has 1 atom stereocenters. The minimum atomic E-state index is -0.304. The molecule has 0 aliphatic rings. The van der Waals surface area contributed by atoms with Crippen LogP contribution in [0.4, 0.5) is 4.39 Å². The third-order valence-electron chi connectivity index (χ3n) is 3.03. The largest absolute Gasteiger partial charge is 0.336 e. The van der Waals surface area contributed by atoms with Gasteiger partial charge in [-0.15, -0.1) is 0 Å². The van der Waals surface area contributed by atoms with Crippen LogP contribution in [-0.2, 0) is 11.3 Å². The van der Waals surface area contributed by atoms with Crippen molar-refractivity contribution in [2.45, 2.75) is 33.4 Å². The van der Waals surface area contributed by atoms with E-state index in [0.717, 1.165) is 4.47 Å². The molecule has 0 bridgehead atoms. The summed E-state index contributed by atoms with van der Waals surface area (Å²) in [5.74, 6) is -0.600. The SMILES string of the molecule is CC(CN)C(=O)N(Cc1cc(Br)ccc1F)C(C)C. The van der Waals surface area contributed by atoms with Crippen LogP contribution in [0.15, 0.2) is 22.7 Å². The number of hydrogen-bond acceptors (Lipinski definition) is 2. The highest BCUT2D eigenvalue weighted by atomic mass is 79.9. The Balaban J connectivity index is 2.96. The van der Waals surface area contributed by atoms with Crippen LogP contribution < -0.4 is 5.73 Å². The second kappa shape index (κ2) is 7.01. The smallest absolute Gasteiger partial charge is 0.227 e. The molecular weight excluding hydrogens is 311 g/mol.